The molecule has 0 radical (unpaired) electrons. The first-order valence-electron chi connectivity index (χ1n) is 9.20. The molecular weight excluding hydrogens is 246 g/mol. The Labute approximate surface area is 127 Å². The molecule has 0 amide bonds. The average Bonchev–Trinajstić information content (AvgIpc) is 2.48. The third kappa shape index (κ3) is 8.97. The van der Waals surface area contributed by atoms with Gasteiger partial charge < -0.3 is 4.74 Å². The molecule has 1 rings (SSSR count). The van der Waals surface area contributed by atoms with Gasteiger partial charge in [-0.05, 0) is 19.4 Å². The quantitative estimate of drug-likeness (QED) is 0.466. The van der Waals surface area contributed by atoms with Gasteiger partial charge in [0.15, 0.2) is 0 Å². The Morgan fingerprint density at radius 3 is 2.25 bits per heavy atom. The SMILES string of the molecule is CCCCCCCCC1CN(CCCCCC)CCO1. The van der Waals surface area contributed by atoms with E-state index in [0.29, 0.717) is 6.10 Å². The number of nitrogens with zero attached hydrogens (tertiary/aromatic N) is 1. The Balaban J connectivity index is 1.99. The van der Waals surface area contributed by atoms with E-state index in [2.05, 4.69) is 18.7 Å². The van der Waals surface area contributed by atoms with Crippen molar-refractivity contribution in [2.45, 2.75) is 90.6 Å². The van der Waals surface area contributed by atoms with Crippen LogP contribution in [0.2, 0.25) is 0 Å². The van der Waals surface area contributed by atoms with Crippen molar-refractivity contribution in [3.8, 4) is 0 Å². The van der Waals surface area contributed by atoms with Crippen molar-refractivity contribution in [3.63, 3.8) is 0 Å². The van der Waals surface area contributed by atoms with Gasteiger partial charge in [-0.15, -0.1) is 0 Å². The van der Waals surface area contributed by atoms with Crippen molar-refractivity contribution in [2.75, 3.05) is 26.2 Å². The van der Waals surface area contributed by atoms with Gasteiger partial charge in [0.1, 0.15) is 0 Å². The number of hydrogen-bond acceptors (Lipinski definition) is 2. The van der Waals surface area contributed by atoms with E-state index in [1.807, 2.05) is 0 Å². The molecule has 120 valence electrons. The van der Waals surface area contributed by atoms with Crippen LogP contribution in [-0.2, 0) is 4.74 Å². The summed E-state index contributed by atoms with van der Waals surface area (Å²) >= 11 is 0. The Morgan fingerprint density at radius 2 is 1.50 bits per heavy atom. The summed E-state index contributed by atoms with van der Waals surface area (Å²) in [5.41, 5.74) is 0. The van der Waals surface area contributed by atoms with E-state index < -0.39 is 0 Å². The molecule has 1 saturated heterocycles. The summed E-state index contributed by atoms with van der Waals surface area (Å²) in [5.74, 6) is 0. The zero-order valence-corrected chi connectivity index (χ0v) is 14.0. The van der Waals surface area contributed by atoms with Gasteiger partial charge in [0.2, 0.25) is 0 Å². The molecule has 0 aromatic carbocycles. The van der Waals surface area contributed by atoms with Crippen molar-refractivity contribution in [2.24, 2.45) is 0 Å². The summed E-state index contributed by atoms with van der Waals surface area (Å²) in [6.45, 7) is 9.14. The van der Waals surface area contributed by atoms with Crippen LogP contribution in [0.4, 0.5) is 0 Å². The molecule has 0 N–H and O–H groups in total. The van der Waals surface area contributed by atoms with Crippen LogP contribution in [0, 0.1) is 0 Å². The smallest absolute Gasteiger partial charge is 0.0702 e. The fraction of sp³-hybridized carbons (Fsp3) is 1.00. The molecule has 20 heavy (non-hydrogen) atoms. The predicted octanol–water partition coefficient (Wildman–Crippen LogP) is 5.02. The minimum Gasteiger partial charge on any atom is -0.376 e. The first-order valence-corrected chi connectivity index (χ1v) is 9.20. The van der Waals surface area contributed by atoms with E-state index in [1.54, 1.807) is 0 Å². The Morgan fingerprint density at radius 1 is 0.850 bits per heavy atom. The molecule has 0 bridgehead atoms. The normalized spacial score (nSPS) is 20.4. The molecule has 0 spiro atoms. The summed E-state index contributed by atoms with van der Waals surface area (Å²) in [5, 5.41) is 0. The lowest BCUT2D eigenvalue weighted by molar-refractivity contribution is -0.0333. The van der Waals surface area contributed by atoms with Crippen LogP contribution >= 0.6 is 0 Å². The topological polar surface area (TPSA) is 12.5 Å². The number of hydrogen-bond donors (Lipinski definition) is 0. The molecule has 0 aromatic heterocycles. The monoisotopic (exact) mass is 283 g/mol. The summed E-state index contributed by atoms with van der Waals surface area (Å²) in [4.78, 5) is 2.63. The van der Waals surface area contributed by atoms with Crippen molar-refractivity contribution in [1.82, 2.24) is 4.90 Å². The van der Waals surface area contributed by atoms with Gasteiger partial charge in [-0.2, -0.15) is 0 Å². The second-order valence-electron chi connectivity index (χ2n) is 6.41. The summed E-state index contributed by atoms with van der Waals surface area (Å²) < 4.78 is 5.92. The highest BCUT2D eigenvalue weighted by atomic mass is 16.5. The van der Waals surface area contributed by atoms with E-state index in [1.165, 1.54) is 83.7 Å². The van der Waals surface area contributed by atoms with Gasteiger partial charge in [0.05, 0.1) is 12.7 Å². The molecule has 1 atom stereocenters. The number of ether oxygens (including phenoxy) is 1. The van der Waals surface area contributed by atoms with Crippen LogP contribution in [0.25, 0.3) is 0 Å². The molecule has 2 heteroatoms. The Kier molecular flexibility index (Phi) is 11.4. The molecular formula is C18H37NO. The van der Waals surface area contributed by atoms with Crippen LogP contribution in [0.1, 0.15) is 84.5 Å². The van der Waals surface area contributed by atoms with Crippen molar-refractivity contribution >= 4 is 0 Å². The van der Waals surface area contributed by atoms with Gasteiger partial charge in [-0.3, -0.25) is 4.90 Å². The molecule has 1 aliphatic heterocycles. The largest absolute Gasteiger partial charge is 0.376 e. The first kappa shape index (κ1) is 18.0. The van der Waals surface area contributed by atoms with E-state index in [4.69, 9.17) is 4.74 Å². The zero-order valence-electron chi connectivity index (χ0n) is 14.0. The lowest BCUT2D eigenvalue weighted by Crippen LogP contribution is -2.42. The standard InChI is InChI=1S/C18H37NO/c1-3-5-7-9-10-11-13-18-17-19(15-16-20-18)14-12-8-6-4-2/h18H,3-17H2,1-2H3. The lowest BCUT2D eigenvalue weighted by atomic mass is 10.1. The summed E-state index contributed by atoms with van der Waals surface area (Å²) in [6, 6.07) is 0. The van der Waals surface area contributed by atoms with Crippen LogP contribution in [0.15, 0.2) is 0 Å². The maximum absolute atomic E-state index is 5.92. The second kappa shape index (κ2) is 12.6. The molecule has 0 saturated carbocycles. The molecule has 2 nitrogen and oxygen atoms in total. The summed E-state index contributed by atoms with van der Waals surface area (Å²) in [7, 11) is 0. The fourth-order valence-electron chi connectivity index (χ4n) is 3.07. The Bertz CT molecular complexity index is 208. The Hall–Kier alpha value is -0.0800. The molecule has 0 aromatic rings. The first-order chi connectivity index (χ1) is 9.86. The predicted molar refractivity (Wildman–Crippen MR) is 88.3 cm³/mol. The van der Waals surface area contributed by atoms with Crippen molar-refractivity contribution in [3.05, 3.63) is 0 Å². The van der Waals surface area contributed by atoms with E-state index in [0.717, 1.165) is 13.2 Å². The number of morpholine rings is 1. The van der Waals surface area contributed by atoms with Crippen LogP contribution < -0.4 is 0 Å². The molecule has 1 aliphatic rings. The lowest BCUT2D eigenvalue weighted by Gasteiger charge is -2.33. The summed E-state index contributed by atoms with van der Waals surface area (Å²) in [6.07, 6.45) is 15.6. The van der Waals surface area contributed by atoms with E-state index in [9.17, 15) is 0 Å². The number of unbranched alkanes of at least 4 members (excludes halogenated alkanes) is 8. The minimum atomic E-state index is 0.515. The van der Waals surface area contributed by atoms with Gasteiger partial charge in [-0.1, -0.05) is 71.6 Å². The highest BCUT2D eigenvalue weighted by Gasteiger charge is 2.19. The molecule has 0 aliphatic carbocycles. The minimum absolute atomic E-state index is 0.515. The van der Waals surface area contributed by atoms with E-state index >= 15 is 0 Å². The third-order valence-electron chi connectivity index (χ3n) is 4.43. The van der Waals surface area contributed by atoms with E-state index in [-0.39, 0.29) is 0 Å². The van der Waals surface area contributed by atoms with Gasteiger partial charge in [-0.25, -0.2) is 0 Å². The third-order valence-corrected chi connectivity index (χ3v) is 4.43. The highest BCUT2D eigenvalue weighted by Crippen LogP contribution is 2.15. The second-order valence-corrected chi connectivity index (χ2v) is 6.41. The molecule has 1 unspecified atom stereocenters. The van der Waals surface area contributed by atoms with Crippen LogP contribution in [0.5, 0.6) is 0 Å². The van der Waals surface area contributed by atoms with Crippen LogP contribution in [0.3, 0.4) is 0 Å². The molecule has 1 heterocycles. The molecule has 1 fully saturated rings. The van der Waals surface area contributed by atoms with Crippen molar-refractivity contribution < 1.29 is 4.74 Å². The van der Waals surface area contributed by atoms with Crippen molar-refractivity contribution in [1.29, 1.82) is 0 Å². The maximum atomic E-state index is 5.92. The van der Waals surface area contributed by atoms with Gasteiger partial charge in [0.25, 0.3) is 0 Å². The average molecular weight is 283 g/mol. The highest BCUT2D eigenvalue weighted by molar-refractivity contribution is 4.71. The maximum Gasteiger partial charge on any atom is 0.0702 e. The fourth-order valence-corrected chi connectivity index (χ4v) is 3.07. The van der Waals surface area contributed by atoms with Gasteiger partial charge in [0, 0.05) is 13.1 Å². The zero-order chi connectivity index (χ0) is 14.5. The van der Waals surface area contributed by atoms with Gasteiger partial charge >= 0.3 is 0 Å². The number of rotatable bonds is 12. The van der Waals surface area contributed by atoms with Crippen LogP contribution in [-0.4, -0.2) is 37.2 Å².